The first kappa shape index (κ1) is 10.6. The second kappa shape index (κ2) is 5.25. The van der Waals surface area contributed by atoms with Crippen LogP contribution in [0.25, 0.3) is 0 Å². The average Bonchev–Trinajstić information content (AvgIpc) is 2.01. The Morgan fingerprint density at radius 1 is 1.54 bits per heavy atom. The quantitative estimate of drug-likeness (QED) is 0.513. The molecule has 1 fully saturated rings. The van der Waals surface area contributed by atoms with E-state index in [0.29, 0.717) is 5.92 Å². The normalized spacial score (nSPS) is 21.0. The summed E-state index contributed by atoms with van der Waals surface area (Å²) in [7, 11) is 1.89. The van der Waals surface area contributed by atoms with Crippen LogP contribution in [0.1, 0.15) is 46.0 Å². The molecule has 0 amide bonds. The monoisotopic (exact) mass is 182 g/mol. The van der Waals surface area contributed by atoms with Gasteiger partial charge in [-0.3, -0.25) is 0 Å². The Morgan fingerprint density at radius 2 is 2.23 bits per heavy atom. The average molecular weight is 182 g/mol. The van der Waals surface area contributed by atoms with E-state index >= 15 is 0 Å². The van der Waals surface area contributed by atoms with E-state index in [-0.39, 0.29) is 0 Å². The fourth-order valence-electron chi connectivity index (χ4n) is 2.00. The van der Waals surface area contributed by atoms with Gasteiger partial charge in [0, 0.05) is 12.8 Å². The second-order valence-corrected chi connectivity index (χ2v) is 4.06. The van der Waals surface area contributed by atoms with Crippen molar-refractivity contribution in [1.82, 2.24) is 5.43 Å². The van der Waals surface area contributed by atoms with E-state index in [9.17, 15) is 0 Å². The van der Waals surface area contributed by atoms with Gasteiger partial charge in [-0.15, -0.1) is 0 Å². The summed E-state index contributed by atoms with van der Waals surface area (Å²) in [5, 5.41) is 4.38. The Bertz CT molecular complexity index is 171. The number of hydrogen-bond donors (Lipinski definition) is 1. The van der Waals surface area contributed by atoms with Gasteiger partial charge in [0.05, 0.1) is 0 Å². The molecule has 76 valence electrons. The number of hydrogen-bond acceptors (Lipinski definition) is 2. The van der Waals surface area contributed by atoms with Crippen molar-refractivity contribution in [1.29, 1.82) is 0 Å². The molecule has 0 aromatic heterocycles. The zero-order valence-electron chi connectivity index (χ0n) is 9.14. The summed E-state index contributed by atoms with van der Waals surface area (Å²) in [5.74, 6) is 1.61. The Hall–Kier alpha value is -0.530. The van der Waals surface area contributed by atoms with E-state index in [1.54, 1.807) is 0 Å². The van der Waals surface area contributed by atoms with Gasteiger partial charge < -0.3 is 5.43 Å². The Kier molecular flexibility index (Phi) is 4.26. The van der Waals surface area contributed by atoms with Crippen LogP contribution in [0.5, 0.6) is 0 Å². The molecule has 0 aromatic rings. The summed E-state index contributed by atoms with van der Waals surface area (Å²) in [5.41, 5.74) is 4.29. The SMILES string of the molecule is CCC/C(=N/NC)C(C)C1CCC1. The van der Waals surface area contributed by atoms with Crippen LogP contribution in [0.3, 0.4) is 0 Å². The second-order valence-electron chi connectivity index (χ2n) is 4.06. The van der Waals surface area contributed by atoms with Crippen LogP contribution in [0.2, 0.25) is 0 Å². The molecule has 1 aliphatic carbocycles. The third-order valence-electron chi connectivity index (χ3n) is 3.14. The molecule has 1 saturated carbocycles. The zero-order valence-corrected chi connectivity index (χ0v) is 9.14. The van der Waals surface area contributed by atoms with Crippen molar-refractivity contribution in [2.24, 2.45) is 16.9 Å². The first-order valence-corrected chi connectivity index (χ1v) is 5.52. The molecule has 0 radical (unpaired) electrons. The maximum atomic E-state index is 4.38. The minimum Gasteiger partial charge on any atom is -0.313 e. The molecule has 1 unspecified atom stereocenters. The highest BCUT2D eigenvalue weighted by Gasteiger charge is 2.26. The van der Waals surface area contributed by atoms with Crippen LogP contribution in [0, 0.1) is 11.8 Å². The Balaban J connectivity index is 2.46. The highest BCUT2D eigenvalue weighted by atomic mass is 15.3. The minimum absolute atomic E-state index is 0.696. The maximum Gasteiger partial charge on any atom is 0.0409 e. The van der Waals surface area contributed by atoms with E-state index in [1.165, 1.54) is 31.4 Å². The van der Waals surface area contributed by atoms with E-state index in [0.717, 1.165) is 12.3 Å². The number of hydrazone groups is 1. The molecule has 2 nitrogen and oxygen atoms in total. The van der Waals surface area contributed by atoms with Crippen molar-refractivity contribution in [3.8, 4) is 0 Å². The van der Waals surface area contributed by atoms with Crippen LogP contribution < -0.4 is 5.43 Å². The molecule has 0 aromatic carbocycles. The molecule has 0 heterocycles. The topological polar surface area (TPSA) is 24.4 Å². The molecule has 1 atom stereocenters. The summed E-state index contributed by atoms with van der Waals surface area (Å²) >= 11 is 0. The van der Waals surface area contributed by atoms with E-state index in [1.807, 2.05) is 7.05 Å². The Labute approximate surface area is 81.8 Å². The lowest BCUT2D eigenvalue weighted by Gasteiger charge is -2.32. The molecule has 0 spiro atoms. The molecule has 1 rings (SSSR count). The van der Waals surface area contributed by atoms with Gasteiger partial charge >= 0.3 is 0 Å². The summed E-state index contributed by atoms with van der Waals surface area (Å²) in [6.45, 7) is 4.55. The van der Waals surface area contributed by atoms with Gasteiger partial charge in [-0.05, 0) is 31.1 Å². The number of nitrogens with zero attached hydrogens (tertiary/aromatic N) is 1. The molecule has 0 bridgehead atoms. The smallest absolute Gasteiger partial charge is 0.0409 e. The molecule has 13 heavy (non-hydrogen) atoms. The van der Waals surface area contributed by atoms with Crippen LogP contribution in [0.4, 0.5) is 0 Å². The summed E-state index contributed by atoms with van der Waals surface area (Å²) < 4.78 is 0. The maximum absolute atomic E-state index is 4.38. The predicted molar refractivity (Wildman–Crippen MR) is 57.9 cm³/mol. The van der Waals surface area contributed by atoms with Gasteiger partial charge in [0.2, 0.25) is 0 Å². The fraction of sp³-hybridized carbons (Fsp3) is 0.909. The van der Waals surface area contributed by atoms with Crippen molar-refractivity contribution in [2.75, 3.05) is 7.05 Å². The summed E-state index contributed by atoms with van der Waals surface area (Å²) in [6, 6.07) is 0. The van der Waals surface area contributed by atoms with Gasteiger partial charge in [0.25, 0.3) is 0 Å². The van der Waals surface area contributed by atoms with Crippen LogP contribution in [0.15, 0.2) is 5.10 Å². The van der Waals surface area contributed by atoms with Crippen molar-refractivity contribution in [2.45, 2.75) is 46.0 Å². The van der Waals surface area contributed by atoms with Crippen molar-refractivity contribution >= 4 is 5.71 Å². The lowest BCUT2D eigenvalue weighted by molar-refractivity contribution is 0.265. The number of rotatable bonds is 5. The molecule has 0 aliphatic heterocycles. The summed E-state index contributed by atoms with van der Waals surface area (Å²) in [6.07, 6.45) is 6.60. The first-order valence-electron chi connectivity index (χ1n) is 5.52. The number of nitrogens with one attached hydrogen (secondary N) is 1. The van der Waals surface area contributed by atoms with E-state index in [2.05, 4.69) is 24.4 Å². The minimum atomic E-state index is 0.696. The fourth-order valence-corrected chi connectivity index (χ4v) is 2.00. The molecule has 1 aliphatic rings. The van der Waals surface area contributed by atoms with Crippen LogP contribution in [-0.2, 0) is 0 Å². The van der Waals surface area contributed by atoms with E-state index in [4.69, 9.17) is 0 Å². The molecular formula is C11H22N2. The third kappa shape index (κ3) is 2.71. The summed E-state index contributed by atoms with van der Waals surface area (Å²) in [4.78, 5) is 0. The Morgan fingerprint density at radius 3 is 2.62 bits per heavy atom. The molecule has 0 saturated heterocycles. The first-order chi connectivity index (χ1) is 6.29. The zero-order chi connectivity index (χ0) is 9.68. The van der Waals surface area contributed by atoms with Crippen LogP contribution >= 0.6 is 0 Å². The highest BCUT2D eigenvalue weighted by Crippen LogP contribution is 2.34. The van der Waals surface area contributed by atoms with Crippen molar-refractivity contribution in [3.63, 3.8) is 0 Å². The van der Waals surface area contributed by atoms with Crippen molar-refractivity contribution < 1.29 is 0 Å². The van der Waals surface area contributed by atoms with E-state index < -0.39 is 0 Å². The molecule has 2 heteroatoms. The van der Waals surface area contributed by atoms with Crippen molar-refractivity contribution in [3.05, 3.63) is 0 Å². The van der Waals surface area contributed by atoms with Gasteiger partial charge in [0.1, 0.15) is 0 Å². The lowest BCUT2D eigenvalue weighted by Crippen LogP contribution is -2.27. The predicted octanol–water partition coefficient (Wildman–Crippen LogP) is 2.80. The standard InChI is InChI=1S/C11H22N2/c1-4-6-11(13-12-3)9(2)10-7-5-8-10/h9-10,12H,4-8H2,1-3H3/b13-11-. The third-order valence-corrected chi connectivity index (χ3v) is 3.14. The van der Waals surface area contributed by atoms with Gasteiger partial charge in [0.15, 0.2) is 0 Å². The van der Waals surface area contributed by atoms with Gasteiger partial charge in [-0.2, -0.15) is 5.10 Å². The van der Waals surface area contributed by atoms with Gasteiger partial charge in [-0.25, -0.2) is 0 Å². The largest absolute Gasteiger partial charge is 0.313 e. The molecule has 1 N–H and O–H groups in total. The molecular weight excluding hydrogens is 160 g/mol. The van der Waals surface area contributed by atoms with Crippen LogP contribution in [-0.4, -0.2) is 12.8 Å². The highest BCUT2D eigenvalue weighted by molar-refractivity contribution is 5.86. The van der Waals surface area contributed by atoms with Gasteiger partial charge in [-0.1, -0.05) is 26.7 Å². The lowest BCUT2D eigenvalue weighted by atomic mass is 9.74.